The van der Waals surface area contributed by atoms with E-state index in [9.17, 15) is 9.90 Å². The number of amides is 1. The fourth-order valence-electron chi connectivity index (χ4n) is 3.58. The molecule has 2 aromatic rings. The SMILES string of the molecule is C=CCOC1C(O)C(COCc2ccccc2)OC(OCc2ccccc2)C1NC(C)=O. The van der Waals surface area contributed by atoms with Gasteiger partial charge in [0.1, 0.15) is 24.4 Å². The summed E-state index contributed by atoms with van der Waals surface area (Å²) < 4.78 is 23.7. The summed E-state index contributed by atoms with van der Waals surface area (Å²) in [5, 5.41) is 13.8. The predicted octanol–water partition coefficient (Wildman–Crippen LogP) is 2.58. The average Bonchev–Trinajstić information content (AvgIpc) is 2.80. The summed E-state index contributed by atoms with van der Waals surface area (Å²) in [4.78, 5) is 11.9. The van der Waals surface area contributed by atoms with Gasteiger partial charge in [-0.3, -0.25) is 4.79 Å². The van der Waals surface area contributed by atoms with E-state index in [1.807, 2.05) is 60.7 Å². The molecule has 0 radical (unpaired) electrons. The molecule has 0 aliphatic carbocycles. The number of rotatable bonds is 11. The van der Waals surface area contributed by atoms with E-state index in [0.717, 1.165) is 11.1 Å². The summed E-state index contributed by atoms with van der Waals surface area (Å²) in [6.45, 7) is 6.09. The third-order valence-corrected chi connectivity index (χ3v) is 5.10. The Bertz CT molecular complexity index is 831. The van der Waals surface area contributed by atoms with Crippen LogP contribution in [0.5, 0.6) is 0 Å². The Hall–Kier alpha value is -2.55. The van der Waals surface area contributed by atoms with Crippen LogP contribution in [0.4, 0.5) is 0 Å². The highest BCUT2D eigenvalue weighted by molar-refractivity contribution is 5.73. The minimum atomic E-state index is -1.03. The first-order chi connectivity index (χ1) is 15.6. The van der Waals surface area contributed by atoms with Gasteiger partial charge in [0.05, 0.1) is 26.4 Å². The summed E-state index contributed by atoms with van der Waals surface area (Å²) >= 11 is 0. The Morgan fingerprint density at radius 2 is 1.69 bits per heavy atom. The maximum Gasteiger partial charge on any atom is 0.217 e. The van der Waals surface area contributed by atoms with Crippen LogP contribution in [0, 0.1) is 0 Å². The van der Waals surface area contributed by atoms with Crippen LogP contribution < -0.4 is 5.32 Å². The second-order valence-electron chi connectivity index (χ2n) is 7.64. The molecule has 1 amide bonds. The monoisotopic (exact) mass is 441 g/mol. The molecule has 0 saturated carbocycles. The number of hydrogen-bond acceptors (Lipinski definition) is 6. The number of carbonyl (C=O) groups is 1. The van der Waals surface area contributed by atoms with Gasteiger partial charge in [-0.1, -0.05) is 66.7 Å². The van der Waals surface area contributed by atoms with Crippen molar-refractivity contribution in [1.29, 1.82) is 0 Å². The first kappa shape index (κ1) is 24.1. The minimum Gasteiger partial charge on any atom is -0.388 e. The molecule has 32 heavy (non-hydrogen) atoms. The van der Waals surface area contributed by atoms with Gasteiger partial charge in [0.25, 0.3) is 0 Å². The van der Waals surface area contributed by atoms with Gasteiger partial charge in [-0.25, -0.2) is 0 Å². The van der Waals surface area contributed by atoms with Crippen molar-refractivity contribution in [2.45, 2.75) is 50.8 Å². The molecule has 2 N–H and O–H groups in total. The molecule has 5 unspecified atom stereocenters. The normalized spacial score (nSPS) is 25.2. The summed E-state index contributed by atoms with van der Waals surface area (Å²) in [5.74, 6) is -0.273. The van der Waals surface area contributed by atoms with E-state index in [1.54, 1.807) is 6.08 Å². The Kier molecular flexibility index (Phi) is 9.40. The minimum absolute atomic E-state index is 0.141. The van der Waals surface area contributed by atoms with E-state index in [2.05, 4.69) is 11.9 Å². The smallest absolute Gasteiger partial charge is 0.217 e. The zero-order valence-corrected chi connectivity index (χ0v) is 18.3. The quantitative estimate of drug-likeness (QED) is 0.522. The van der Waals surface area contributed by atoms with Gasteiger partial charge in [-0.2, -0.15) is 0 Å². The van der Waals surface area contributed by atoms with Crippen molar-refractivity contribution >= 4 is 5.91 Å². The van der Waals surface area contributed by atoms with Crippen LogP contribution in [0.15, 0.2) is 73.3 Å². The molecule has 1 aliphatic rings. The van der Waals surface area contributed by atoms with Crippen LogP contribution in [-0.2, 0) is 37.0 Å². The molecule has 1 fully saturated rings. The van der Waals surface area contributed by atoms with E-state index in [4.69, 9.17) is 18.9 Å². The highest BCUT2D eigenvalue weighted by Gasteiger charge is 2.47. The van der Waals surface area contributed by atoms with Crippen molar-refractivity contribution in [1.82, 2.24) is 5.32 Å². The fraction of sp³-hybridized carbons (Fsp3) is 0.400. The van der Waals surface area contributed by atoms with Crippen LogP contribution in [0.2, 0.25) is 0 Å². The van der Waals surface area contributed by atoms with Crippen LogP contribution in [0.3, 0.4) is 0 Å². The van der Waals surface area contributed by atoms with Crippen molar-refractivity contribution in [2.75, 3.05) is 13.2 Å². The number of carbonyl (C=O) groups excluding carboxylic acids is 1. The molecule has 0 aromatic heterocycles. The maximum absolute atomic E-state index is 11.9. The van der Waals surface area contributed by atoms with Gasteiger partial charge < -0.3 is 29.4 Å². The number of ether oxygens (including phenoxy) is 4. The lowest BCUT2D eigenvalue weighted by atomic mass is 9.96. The summed E-state index contributed by atoms with van der Waals surface area (Å²) in [5.41, 5.74) is 1.98. The highest BCUT2D eigenvalue weighted by atomic mass is 16.7. The zero-order valence-electron chi connectivity index (χ0n) is 18.3. The Morgan fingerprint density at radius 3 is 2.28 bits per heavy atom. The van der Waals surface area contributed by atoms with E-state index < -0.39 is 30.6 Å². The van der Waals surface area contributed by atoms with Crippen molar-refractivity contribution in [3.63, 3.8) is 0 Å². The molecule has 2 aromatic carbocycles. The third-order valence-electron chi connectivity index (χ3n) is 5.10. The van der Waals surface area contributed by atoms with Gasteiger partial charge in [0.15, 0.2) is 6.29 Å². The maximum atomic E-state index is 11.9. The number of hydrogen-bond donors (Lipinski definition) is 2. The number of aliphatic hydroxyl groups excluding tert-OH is 1. The van der Waals surface area contributed by atoms with Gasteiger partial charge >= 0.3 is 0 Å². The van der Waals surface area contributed by atoms with E-state index in [1.165, 1.54) is 6.92 Å². The van der Waals surface area contributed by atoms with Gasteiger partial charge in [0, 0.05) is 6.92 Å². The van der Waals surface area contributed by atoms with Crippen LogP contribution in [-0.4, -0.2) is 54.9 Å². The standard InChI is InChI=1S/C25H31NO6/c1-3-14-30-24-22(26-18(2)27)25(31-16-20-12-8-5-9-13-20)32-21(23(24)28)17-29-15-19-10-6-4-7-11-19/h3-13,21-25,28H,1,14-17H2,2H3,(H,26,27). The molecule has 7 nitrogen and oxygen atoms in total. The second-order valence-corrected chi connectivity index (χ2v) is 7.64. The molecule has 0 spiro atoms. The molecule has 1 saturated heterocycles. The van der Waals surface area contributed by atoms with Crippen molar-refractivity contribution < 1.29 is 28.8 Å². The molecule has 1 aliphatic heterocycles. The summed E-state index contributed by atoms with van der Waals surface area (Å²) in [6.07, 6.45) is -1.72. The van der Waals surface area contributed by atoms with E-state index in [0.29, 0.717) is 6.61 Å². The molecule has 7 heteroatoms. The van der Waals surface area contributed by atoms with Gasteiger partial charge in [-0.15, -0.1) is 6.58 Å². The highest BCUT2D eigenvalue weighted by Crippen LogP contribution is 2.26. The number of nitrogens with one attached hydrogen (secondary N) is 1. The molecule has 1 heterocycles. The lowest BCUT2D eigenvalue weighted by Crippen LogP contribution is -2.65. The largest absolute Gasteiger partial charge is 0.388 e. The van der Waals surface area contributed by atoms with Crippen LogP contribution >= 0.6 is 0 Å². The predicted molar refractivity (Wildman–Crippen MR) is 120 cm³/mol. The molecule has 5 atom stereocenters. The van der Waals surface area contributed by atoms with Crippen molar-refractivity contribution in [3.8, 4) is 0 Å². The summed E-state index contributed by atoms with van der Waals surface area (Å²) in [7, 11) is 0. The lowest BCUT2D eigenvalue weighted by molar-refractivity contribution is -0.281. The molecule has 172 valence electrons. The first-order valence-electron chi connectivity index (χ1n) is 10.7. The van der Waals surface area contributed by atoms with Crippen LogP contribution in [0.25, 0.3) is 0 Å². The average molecular weight is 442 g/mol. The Balaban J connectivity index is 1.71. The van der Waals surface area contributed by atoms with Crippen molar-refractivity contribution in [3.05, 3.63) is 84.4 Å². The number of benzene rings is 2. The van der Waals surface area contributed by atoms with Crippen molar-refractivity contribution in [2.24, 2.45) is 0 Å². The third kappa shape index (κ3) is 6.98. The Morgan fingerprint density at radius 1 is 1.06 bits per heavy atom. The molecular formula is C25H31NO6. The fourth-order valence-corrected chi connectivity index (χ4v) is 3.58. The number of aliphatic hydroxyl groups is 1. The van der Waals surface area contributed by atoms with Gasteiger partial charge in [-0.05, 0) is 11.1 Å². The Labute approximate surface area is 188 Å². The van der Waals surface area contributed by atoms with Crippen LogP contribution in [0.1, 0.15) is 18.1 Å². The zero-order chi connectivity index (χ0) is 22.8. The summed E-state index contributed by atoms with van der Waals surface area (Å²) in [6, 6.07) is 18.7. The lowest BCUT2D eigenvalue weighted by Gasteiger charge is -2.44. The van der Waals surface area contributed by atoms with Gasteiger partial charge in [0.2, 0.25) is 5.91 Å². The molecule has 0 bridgehead atoms. The van der Waals surface area contributed by atoms with E-state index >= 15 is 0 Å². The topological polar surface area (TPSA) is 86.2 Å². The van der Waals surface area contributed by atoms with E-state index in [-0.39, 0.29) is 25.7 Å². The first-order valence-corrected chi connectivity index (χ1v) is 10.7. The second kappa shape index (κ2) is 12.5. The molecular weight excluding hydrogens is 410 g/mol. The molecule has 3 rings (SSSR count).